The first-order valence-corrected chi connectivity index (χ1v) is 9.76. The lowest BCUT2D eigenvalue weighted by Crippen LogP contribution is -2.50. The molecule has 0 aliphatic carbocycles. The minimum absolute atomic E-state index is 0.00936. The van der Waals surface area contributed by atoms with E-state index in [9.17, 15) is 9.59 Å². The van der Waals surface area contributed by atoms with Crippen molar-refractivity contribution in [2.24, 2.45) is 5.41 Å². The molecular weight excluding hydrogens is 352 g/mol. The molecule has 1 aromatic carbocycles. The van der Waals surface area contributed by atoms with Crippen LogP contribution >= 0.6 is 11.6 Å². The molecule has 0 aromatic heterocycles. The van der Waals surface area contributed by atoms with Gasteiger partial charge in [0.2, 0.25) is 5.91 Å². The zero-order valence-electron chi connectivity index (χ0n) is 15.9. The number of carbonyl (C=O) groups excluding carboxylic acids is 2. The second-order valence-electron chi connectivity index (χ2n) is 7.40. The summed E-state index contributed by atoms with van der Waals surface area (Å²) in [4.78, 5) is 26.5. The van der Waals surface area contributed by atoms with Crippen molar-refractivity contribution in [3.63, 3.8) is 0 Å². The van der Waals surface area contributed by atoms with Crippen LogP contribution in [0.15, 0.2) is 24.3 Å². The van der Waals surface area contributed by atoms with Gasteiger partial charge in [0, 0.05) is 25.0 Å². The molecule has 2 amide bonds. The van der Waals surface area contributed by atoms with Crippen molar-refractivity contribution in [3.8, 4) is 5.75 Å². The van der Waals surface area contributed by atoms with Crippen LogP contribution in [0.1, 0.15) is 39.2 Å². The Kier molecular flexibility index (Phi) is 7.33. The number of para-hydroxylation sites is 1. The SMILES string of the molecule is CCc1ccccc1OCC(=O)NC1CCN(C(=O)C(C)(C)CCl)CC1. The predicted molar refractivity (Wildman–Crippen MR) is 104 cm³/mol. The molecule has 26 heavy (non-hydrogen) atoms. The number of likely N-dealkylation sites (tertiary alicyclic amines) is 1. The molecule has 1 aliphatic rings. The Balaban J connectivity index is 1.77. The molecule has 5 nitrogen and oxygen atoms in total. The lowest BCUT2D eigenvalue weighted by atomic mass is 9.92. The second kappa shape index (κ2) is 9.26. The monoisotopic (exact) mass is 380 g/mol. The number of hydrogen-bond donors (Lipinski definition) is 1. The standard InChI is InChI=1S/C20H29ClN2O3/c1-4-15-7-5-6-8-17(15)26-13-18(24)22-16-9-11-23(12-10-16)19(25)20(2,3)14-21/h5-8,16H,4,9-14H2,1-3H3,(H,22,24). The maximum absolute atomic E-state index is 12.4. The van der Waals surface area contributed by atoms with E-state index in [1.807, 2.05) is 43.0 Å². The fraction of sp³-hybridized carbons (Fsp3) is 0.600. The highest BCUT2D eigenvalue weighted by atomic mass is 35.5. The number of alkyl halides is 1. The Bertz CT molecular complexity index is 625. The summed E-state index contributed by atoms with van der Waals surface area (Å²) in [6.45, 7) is 7.08. The summed E-state index contributed by atoms with van der Waals surface area (Å²) in [7, 11) is 0. The van der Waals surface area contributed by atoms with Crippen molar-refractivity contribution in [3.05, 3.63) is 29.8 Å². The number of halogens is 1. The zero-order valence-corrected chi connectivity index (χ0v) is 16.6. The lowest BCUT2D eigenvalue weighted by Gasteiger charge is -2.36. The molecule has 0 atom stereocenters. The number of nitrogens with one attached hydrogen (secondary N) is 1. The Labute approximate surface area is 161 Å². The van der Waals surface area contributed by atoms with Crippen molar-refractivity contribution in [1.82, 2.24) is 10.2 Å². The molecule has 6 heteroatoms. The third kappa shape index (κ3) is 5.37. The van der Waals surface area contributed by atoms with Crippen LogP contribution in [-0.2, 0) is 16.0 Å². The largest absolute Gasteiger partial charge is 0.483 e. The number of aryl methyl sites for hydroxylation is 1. The normalized spacial score (nSPS) is 15.6. The van der Waals surface area contributed by atoms with E-state index >= 15 is 0 Å². The number of ether oxygens (including phenoxy) is 1. The fourth-order valence-corrected chi connectivity index (χ4v) is 3.18. The first kappa shape index (κ1) is 20.6. The van der Waals surface area contributed by atoms with Crippen LogP contribution in [0, 0.1) is 5.41 Å². The van der Waals surface area contributed by atoms with Gasteiger partial charge in [0.05, 0.1) is 5.41 Å². The summed E-state index contributed by atoms with van der Waals surface area (Å²) in [6.07, 6.45) is 2.37. The molecule has 0 spiro atoms. The van der Waals surface area contributed by atoms with E-state index in [4.69, 9.17) is 16.3 Å². The van der Waals surface area contributed by atoms with Crippen LogP contribution in [0.4, 0.5) is 0 Å². The number of carbonyl (C=O) groups is 2. The van der Waals surface area contributed by atoms with Gasteiger partial charge in [-0.15, -0.1) is 11.6 Å². The van der Waals surface area contributed by atoms with Gasteiger partial charge in [0.1, 0.15) is 5.75 Å². The van der Waals surface area contributed by atoms with Crippen molar-refractivity contribution >= 4 is 23.4 Å². The van der Waals surface area contributed by atoms with E-state index in [1.54, 1.807) is 0 Å². The molecule has 0 bridgehead atoms. The average Bonchev–Trinajstić information content (AvgIpc) is 2.66. The van der Waals surface area contributed by atoms with Gasteiger partial charge in [0.25, 0.3) is 5.91 Å². The minimum atomic E-state index is -0.544. The molecule has 1 saturated heterocycles. The van der Waals surface area contributed by atoms with Gasteiger partial charge in [0.15, 0.2) is 6.61 Å². The van der Waals surface area contributed by atoms with Gasteiger partial charge in [-0.2, -0.15) is 0 Å². The molecule has 0 radical (unpaired) electrons. The molecule has 1 aliphatic heterocycles. The second-order valence-corrected chi connectivity index (χ2v) is 7.67. The Morgan fingerprint density at radius 1 is 1.27 bits per heavy atom. The molecule has 1 N–H and O–H groups in total. The van der Waals surface area contributed by atoms with Crippen molar-refractivity contribution < 1.29 is 14.3 Å². The number of benzene rings is 1. The first-order valence-electron chi connectivity index (χ1n) is 9.22. The van der Waals surface area contributed by atoms with Gasteiger partial charge >= 0.3 is 0 Å². The Hall–Kier alpha value is -1.75. The van der Waals surface area contributed by atoms with Crippen LogP contribution in [0.25, 0.3) is 0 Å². The highest BCUT2D eigenvalue weighted by molar-refractivity contribution is 6.19. The van der Waals surface area contributed by atoms with Gasteiger partial charge in [-0.3, -0.25) is 9.59 Å². The number of nitrogens with zero attached hydrogens (tertiary/aromatic N) is 1. The highest BCUT2D eigenvalue weighted by Gasteiger charge is 2.33. The quantitative estimate of drug-likeness (QED) is 0.740. The van der Waals surface area contributed by atoms with Gasteiger partial charge < -0.3 is 15.0 Å². The molecular formula is C20H29ClN2O3. The predicted octanol–water partition coefficient (Wildman–Crippen LogP) is 3.00. The van der Waals surface area contributed by atoms with E-state index in [1.165, 1.54) is 0 Å². The van der Waals surface area contributed by atoms with Crippen LogP contribution in [-0.4, -0.2) is 48.3 Å². The molecule has 144 valence electrons. The van der Waals surface area contributed by atoms with Gasteiger partial charge in [-0.25, -0.2) is 0 Å². The van der Waals surface area contributed by atoms with E-state index in [-0.39, 0.29) is 24.5 Å². The molecule has 2 rings (SSSR count). The van der Waals surface area contributed by atoms with E-state index in [0.29, 0.717) is 19.0 Å². The summed E-state index contributed by atoms with van der Waals surface area (Å²) in [5.74, 6) is 1.02. The van der Waals surface area contributed by atoms with Crippen LogP contribution in [0.2, 0.25) is 0 Å². The molecule has 0 unspecified atom stereocenters. The van der Waals surface area contributed by atoms with Crippen molar-refractivity contribution in [2.45, 2.75) is 46.1 Å². The maximum atomic E-state index is 12.4. The lowest BCUT2D eigenvalue weighted by molar-refractivity contribution is -0.140. The van der Waals surface area contributed by atoms with E-state index in [0.717, 1.165) is 30.6 Å². The number of hydrogen-bond acceptors (Lipinski definition) is 3. The van der Waals surface area contributed by atoms with E-state index in [2.05, 4.69) is 12.2 Å². The number of amides is 2. The molecule has 1 fully saturated rings. The topological polar surface area (TPSA) is 58.6 Å². The third-order valence-corrected chi connectivity index (χ3v) is 5.44. The van der Waals surface area contributed by atoms with Gasteiger partial charge in [-0.05, 0) is 44.7 Å². The summed E-state index contributed by atoms with van der Waals surface area (Å²) >= 11 is 5.89. The summed E-state index contributed by atoms with van der Waals surface area (Å²) in [5, 5.41) is 3.01. The van der Waals surface area contributed by atoms with Crippen LogP contribution in [0.5, 0.6) is 5.75 Å². The third-order valence-electron chi connectivity index (χ3n) is 4.77. The fourth-order valence-electron chi connectivity index (χ4n) is 3.06. The minimum Gasteiger partial charge on any atom is -0.483 e. The molecule has 1 aromatic rings. The first-order chi connectivity index (χ1) is 12.4. The maximum Gasteiger partial charge on any atom is 0.258 e. The molecule has 1 heterocycles. The highest BCUT2D eigenvalue weighted by Crippen LogP contribution is 2.23. The number of piperidine rings is 1. The van der Waals surface area contributed by atoms with Crippen molar-refractivity contribution in [1.29, 1.82) is 0 Å². The Morgan fingerprint density at radius 2 is 1.92 bits per heavy atom. The zero-order chi connectivity index (χ0) is 19.2. The average molecular weight is 381 g/mol. The smallest absolute Gasteiger partial charge is 0.258 e. The van der Waals surface area contributed by atoms with Crippen LogP contribution in [0.3, 0.4) is 0 Å². The summed E-state index contributed by atoms with van der Waals surface area (Å²) in [5.41, 5.74) is 0.548. The Morgan fingerprint density at radius 3 is 2.54 bits per heavy atom. The van der Waals surface area contributed by atoms with E-state index < -0.39 is 5.41 Å². The van der Waals surface area contributed by atoms with Crippen molar-refractivity contribution in [2.75, 3.05) is 25.6 Å². The van der Waals surface area contributed by atoms with Crippen LogP contribution < -0.4 is 10.1 Å². The van der Waals surface area contributed by atoms with Gasteiger partial charge in [-0.1, -0.05) is 25.1 Å². The summed E-state index contributed by atoms with van der Waals surface area (Å²) < 4.78 is 5.66. The molecule has 0 saturated carbocycles. The number of rotatable bonds is 7. The summed E-state index contributed by atoms with van der Waals surface area (Å²) in [6, 6.07) is 7.83.